The number of benzene rings is 2. The normalized spacial score (nSPS) is 14.4. The van der Waals surface area contributed by atoms with Crippen molar-refractivity contribution in [1.82, 2.24) is 9.78 Å². The second-order valence-corrected chi connectivity index (χ2v) is 8.95. The summed E-state index contributed by atoms with van der Waals surface area (Å²) in [7, 11) is -3.34. The zero-order valence-electron chi connectivity index (χ0n) is 14.7. The van der Waals surface area contributed by atoms with E-state index in [4.69, 9.17) is 11.6 Å². The van der Waals surface area contributed by atoms with E-state index in [0.717, 1.165) is 0 Å². The minimum Gasteiger partial charge on any atom is -0.306 e. The number of carbonyl (C=O) groups excluding carboxylic acids is 1. The molecule has 0 fully saturated rings. The Kier molecular flexibility index (Phi) is 4.59. The lowest BCUT2D eigenvalue weighted by molar-refractivity contribution is -0.384. The van der Waals surface area contributed by atoms with Gasteiger partial charge in [-0.1, -0.05) is 11.6 Å². The smallest absolute Gasteiger partial charge is 0.269 e. The van der Waals surface area contributed by atoms with Crippen molar-refractivity contribution in [2.24, 2.45) is 0 Å². The number of amides is 1. The molecular weight excluding hydrogens is 420 g/mol. The molecule has 0 bridgehead atoms. The molecule has 9 nitrogen and oxygen atoms in total. The van der Waals surface area contributed by atoms with E-state index in [2.05, 4.69) is 10.4 Å². The number of hydrogen-bond acceptors (Lipinski definition) is 6. The number of nitro groups is 1. The molecule has 1 amide bonds. The molecule has 0 saturated carbocycles. The molecule has 1 aliphatic rings. The predicted octanol–water partition coefficient (Wildman–Crippen LogP) is 3.11. The third-order valence-electron chi connectivity index (χ3n) is 4.43. The number of aromatic nitrogens is 2. The topological polar surface area (TPSA) is 124 Å². The second kappa shape index (κ2) is 6.98. The second-order valence-electron chi connectivity index (χ2n) is 6.45. The first-order valence-electron chi connectivity index (χ1n) is 8.36. The first kappa shape index (κ1) is 19.1. The van der Waals surface area contributed by atoms with Crippen LogP contribution < -0.4 is 5.32 Å². The summed E-state index contributed by atoms with van der Waals surface area (Å²) in [6.07, 6.45) is 0. The highest BCUT2D eigenvalue weighted by Gasteiger charge is 2.33. The van der Waals surface area contributed by atoms with Crippen LogP contribution in [0.5, 0.6) is 0 Å². The average Bonchev–Trinajstić information content (AvgIpc) is 3.15. The number of halogens is 1. The Morgan fingerprint density at radius 3 is 2.38 bits per heavy atom. The Morgan fingerprint density at radius 2 is 1.76 bits per heavy atom. The van der Waals surface area contributed by atoms with Crippen molar-refractivity contribution in [3.63, 3.8) is 0 Å². The van der Waals surface area contributed by atoms with Crippen molar-refractivity contribution in [2.75, 3.05) is 5.32 Å². The van der Waals surface area contributed by atoms with E-state index in [-0.39, 0.29) is 23.0 Å². The van der Waals surface area contributed by atoms with Gasteiger partial charge in [0.1, 0.15) is 5.82 Å². The number of rotatable bonds is 4. The molecule has 2 heterocycles. The molecule has 0 aliphatic carbocycles. The number of fused-ring (bicyclic) bond motifs is 1. The zero-order valence-corrected chi connectivity index (χ0v) is 16.3. The highest BCUT2D eigenvalue weighted by molar-refractivity contribution is 7.90. The van der Waals surface area contributed by atoms with E-state index in [1.54, 1.807) is 24.3 Å². The largest absolute Gasteiger partial charge is 0.306 e. The molecule has 1 N–H and O–H groups in total. The van der Waals surface area contributed by atoms with Gasteiger partial charge in [0.05, 0.1) is 27.8 Å². The molecule has 0 atom stereocenters. The summed E-state index contributed by atoms with van der Waals surface area (Å²) in [6, 6.07) is 11.8. The van der Waals surface area contributed by atoms with E-state index in [1.807, 2.05) is 0 Å². The van der Waals surface area contributed by atoms with Crippen molar-refractivity contribution in [1.29, 1.82) is 0 Å². The minimum atomic E-state index is -3.34. The first-order valence-corrected chi connectivity index (χ1v) is 10.6. The average molecular weight is 433 g/mol. The van der Waals surface area contributed by atoms with Crippen LogP contribution in [0.25, 0.3) is 5.69 Å². The van der Waals surface area contributed by atoms with Gasteiger partial charge in [0.15, 0.2) is 9.84 Å². The highest BCUT2D eigenvalue weighted by atomic mass is 35.5. The quantitative estimate of drug-likeness (QED) is 0.499. The zero-order chi connectivity index (χ0) is 20.8. The van der Waals surface area contributed by atoms with Crippen LogP contribution in [0.15, 0.2) is 48.5 Å². The summed E-state index contributed by atoms with van der Waals surface area (Å²) in [4.78, 5) is 23.0. The molecule has 1 aromatic heterocycles. The van der Waals surface area contributed by atoms with E-state index in [0.29, 0.717) is 27.5 Å². The minimum absolute atomic E-state index is 0.0947. The van der Waals surface area contributed by atoms with E-state index in [1.165, 1.54) is 28.9 Å². The molecule has 2 aromatic carbocycles. The monoisotopic (exact) mass is 432 g/mol. The van der Waals surface area contributed by atoms with Gasteiger partial charge in [-0.15, -0.1) is 0 Å². The van der Waals surface area contributed by atoms with Crippen molar-refractivity contribution in [3.05, 3.63) is 80.5 Å². The number of carbonyl (C=O) groups is 1. The van der Waals surface area contributed by atoms with Crippen LogP contribution in [0.1, 0.15) is 21.6 Å². The third kappa shape index (κ3) is 3.71. The number of sulfone groups is 1. The first-order chi connectivity index (χ1) is 13.7. The van der Waals surface area contributed by atoms with Gasteiger partial charge in [0.2, 0.25) is 0 Å². The molecule has 4 rings (SSSR count). The van der Waals surface area contributed by atoms with E-state index >= 15 is 0 Å². The Labute approximate surface area is 170 Å². The van der Waals surface area contributed by atoms with Gasteiger partial charge < -0.3 is 5.32 Å². The van der Waals surface area contributed by atoms with Gasteiger partial charge in [-0.2, -0.15) is 5.10 Å². The van der Waals surface area contributed by atoms with Crippen molar-refractivity contribution in [2.45, 2.75) is 11.5 Å². The van der Waals surface area contributed by atoms with Gasteiger partial charge in [0, 0.05) is 28.3 Å². The summed E-state index contributed by atoms with van der Waals surface area (Å²) in [6.45, 7) is 0. The molecule has 0 spiro atoms. The summed E-state index contributed by atoms with van der Waals surface area (Å²) >= 11 is 5.85. The Hall–Kier alpha value is -3.24. The molecule has 0 radical (unpaired) electrons. The predicted molar refractivity (Wildman–Crippen MR) is 106 cm³/mol. The lowest BCUT2D eigenvalue weighted by Crippen LogP contribution is -2.17. The maximum absolute atomic E-state index is 12.7. The summed E-state index contributed by atoms with van der Waals surface area (Å²) in [5.74, 6) is -0.718. The number of nitrogens with zero attached hydrogens (tertiary/aromatic N) is 3. The lowest BCUT2D eigenvalue weighted by atomic mass is 10.2. The molecule has 1 aliphatic heterocycles. The SMILES string of the molecule is O=C(Nc1c2c(nn1-c1ccc([N+](=O)[O-])cc1)CS(=O)(=O)C2)c1ccc(Cl)cc1. The van der Waals surface area contributed by atoms with Crippen LogP contribution in [0.3, 0.4) is 0 Å². The van der Waals surface area contributed by atoms with E-state index < -0.39 is 20.7 Å². The van der Waals surface area contributed by atoms with Gasteiger partial charge in [-0.25, -0.2) is 13.1 Å². The maximum Gasteiger partial charge on any atom is 0.269 e. The van der Waals surface area contributed by atoms with Crippen LogP contribution in [-0.4, -0.2) is 29.0 Å². The number of hydrogen-bond donors (Lipinski definition) is 1. The van der Waals surface area contributed by atoms with Crippen LogP contribution in [0.2, 0.25) is 5.02 Å². The Balaban J connectivity index is 1.75. The van der Waals surface area contributed by atoms with Crippen LogP contribution >= 0.6 is 11.6 Å². The molecular formula is C18H13ClN4O5S. The Morgan fingerprint density at radius 1 is 1.10 bits per heavy atom. The van der Waals surface area contributed by atoms with Crippen LogP contribution in [0, 0.1) is 10.1 Å². The molecule has 148 valence electrons. The number of anilines is 1. The fourth-order valence-electron chi connectivity index (χ4n) is 3.05. The van der Waals surface area contributed by atoms with E-state index in [9.17, 15) is 23.3 Å². The number of non-ortho nitro benzene ring substituents is 1. The van der Waals surface area contributed by atoms with Crippen LogP contribution in [-0.2, 0) is 21.3 Å². The van der Waals surface area contributed by atoms with Crippen molar-refractivity contribution in [3.8, 4) is 5.69 Å². The Bertz CT molecular complexity index is 1230. The van der Waals surface area contributed by atoms with Crippen molar-refractivity contribution < 1.29 is 18.1 Å². The van der Waals surface area contributed by atoms with Gasteiger partial charge >= 0.3 is 0 Å². The molecule has 29 heavy (non-hydrogen) atoms. The fourth-order valence-corrected chi connectivity index (χ4v) is 4.67. The summed E-state index contributed by atoms with van der Waals surface area (Å²) in [5, 5.41) is 18.4. The number of nitro benzene ring substituents is 1. The molecule has 0 saturated heterocycles. The van der Waals surface area contributed by atoms with Gasteiger partial charge in [-0.3, -0.25) is 14.9 Å². The fraction of sp³-hybridized carbons (Fsp3) is 0.111. The molecule has 0 unspecified atom stereocenters. The third-order valence-corrected chi connectivity index (χ3v) is 6.12. The summed E-state index contributed by atoms with van der Waals surface area (Å²) < 4.78 is 25.4. The summed E-state index contributed by atoms with van der Waals surface area (Å²) in [5.41, 5.74) is 1.44. The molecule has 3 aromatic rings. The lowest BCUT2D eigenvalue weighted by Gasteiger charge is -2.11. The van der Waals surface area contributed by atoms with Crippen molar-refractivity contribution >= 4 is 38.9 Å². The number of nitrogens with one attached hydrogen (secondary N) is 1. The van der Waals surface area contributed by atoms with Gasteiger partial charge in [0.25, 0.3) is 11.6 Å². The maximum atomic E-state index is 12.7. The van der Waals surface area contributed by atoms with Gasteiger partial charge in [-0.05, 0) is 36.4 Å². The molecule has 11 heteroatoms. The van der Waals surface area contributed by atoms with Crippen LogP contribution in [0.4, 0.5) is 11.5 Å². The highest BCUT2D eigenvalue weighted by Crippen LogP contribution is 2.33. The standard InChI is InChI=1S/C18H13ClN4O5S/c19-12-3-1-11(2-4-12)18(24)20-17-15-9-29(27,28)10-16(15)21-22(17)13-5-7-14(8-6-13)23(25)26/h1-8H,9-10H2,(H,20,24).